The molecule has 6 nitrogen and oxygen atoms in total. The summed E-state index contributed by atoms with van der Waals surface area (Å²) in [6, 6.07) is 24.8. The summed E-state index contributed by atoms with van der Waals surface area (Å²) < 4.78 is 1.89. The molecule has 0 saturated carbocycles. The van der Waals surface area contributed by atoms with Gasteiger partial charge in [-0.25, -0.2) is 4.52 Å². The number of nitrogens with zero attached hydrogens (tertiary/aromatic N) is 5. The summed E-state index contributed by atoms with van der Waals surface area (Å²) >= 11 is 0. The Morgan fingerprint density at radius 1 is 0.793 bits per heavy atom. The van der Waals surface area contributed by atoms with Crippen molar-refractivity contribution in [3.8, 4) is 11.3 Å². The lowest BCUT2D eigenvalue weighted by atomic mass is 10.1. The maximum absolute atomic E-state index is 4.68. The van der Waals surface area contributed by atoms with Crippen molar-refractivity contribution in [3.63, 3.8) is 0 Å². The number of pyridine rings is 1. The highest BCUT2D eigenvalue weighted by molar-refractivity contribution is 5.65. The second-order valence-electron chi connectivity index (χ2n) is 7.44. The highest BCUT2D eigenvalue weighted by Gasteiger charge is 2.14. The summed E-state index contributed by atoms with van der Waals surface area (Å²) in [7, 11) is 2.18. The summed E-state index contributed by atoms with van der Waals surface area (Å²) in [5.74, 6) is 0.598. The molecule has 0 aliphatic carbocycles. The van der Waals surface area contributed by atoms with Gasteiger partial charge in [0, 0.05) is 43.1 Å². The topological polar surface area (TPSA) is 48.7 Å². The number of anilines is 3. The lowest BCUT2D eigenvalue weighted by molar-refractivity contribution is 0.313. The van der Waals surface area contributed by atoms with E-state index in [-0.39, 0.29) is 0 Å². The van der Waals surface area contributed by atoms with Crippen molar-refractivity contribution in [1.29, 1.82) is 0 Å². The van der Waals surface area contributed by atoms with Gasteiger partial charge in [0.1, 0.15) is 0 Å². The van der Waals surface area contributed by atoms with Crippen LogP contribution in [-0.4, -0.2) is 52.7 Å². The standard InChI is InChI=1S/C23H24N6/c1-27-14-16-28(17-15-27)20-12-10-19(11-13-20)24-23-25-22-9-5-8-21(29(22)26-23)18-6-3-2-4-7-18/h2-13H,14-17H2,1H3,(H,24,26). The van der Waals surface area contributed by atoms with Gasteiger partial charge in [-0.1, -0.05) is 36.4 Å². The lowest BCUT2D eigenvalue weighted by Gasteiger charge is -2.34. The van der Waals surface area contributed by atoms with Gasteiger partial charge < -0.3 is 15.1 Å². The molecule has 0 atom stereocenters. The molecular weight excluding hydrogens is 360 g/mol. The average Bonchev–Trinajstić information content (AvgIpc) is 3.18. The molecule has 2 aromatic heterocycles. The summed E-state index contributed by atoms with van der Waals surface area (Å²) in [6.07, 6.45) is 0. The molecular formula is C23H24N6. The normalized spacial score (nSPS) is 15.0. The Morgan fingerprint density at radius 2 is 1.55 bits per heavy atom. The number of benzene rings is 2. The number of hydrogen-bond acceptors (Lipinski definition) is 5. The summed E-state index contributed by atoms with van der Waals surface area (Å²) in [6.45, 7) is 4.35. The Bertz CT molecular complexity index is 1100. The molecule has 1 N–H and O–H groups in total. The third kappa shape index (κ3) is 3.67. The van der Waals surface area contributed by atoms with Crippen LogP contribution in [0.3, 0.4) is 0 Å². The van der Waals surface area contributed by atoms with E-state index in [1.54, 1.807) is 0 Å². The Kier molecular flexibility index (Phi) is 4.62. The lowest BCUT2D eigenvalue weighted by Crippen LogP contribution is -2.44. The van der Waals surface area contributed by atoms with Gasteiger partial charge in [0.25, 0.3) is 0 Å². The van der Waals surface area contributed by atoms with E-state index in [1.165, 1.54) is 5.69 Å². The van der Waals surface area contributed by atoms with E-state index in [0.29, 0.717) is 5.95 Å². The van der Waals surface area contributed by atoms with Crippen molar-refractivity contribution >= 4 is 23.0 Å². The first kappa shape index (κ1) is 17.7. The zero-order valence-electron chi connectivity index (χ0n) is 16.5. The maximum atomic E-state index is 4.68. The Morgan fingerprint density at radius 3 is 2.31 bits per heavy atom. The molecule has 4 aromatic rings. The third-order valence-corrected chi connectivity index (χ3v) is 5.42. The smallest absolute Gasteiger partial charge is 0.247 e. The van der Waals surface area contributed by atoms with Crippen LogP contribution in [0.25, 0.3) is 16.9 Å². The number of hydrogen-bond donors (Lipinski definition) is 1. The molecule has 2 aromatic carbocycles. The van der Waals surface area contributed by atoms with Gasteiger partial charge >= 0.3 is 0 Å². The second-order valence-corrected chi connectivity index (χ2v) is 7.44. The van der Waals surface area contributed by atoms with Crippen LogP contribution in [0, 0.1) is 0 Å². The quantitative estimate of drug-likeness (QED) is 0.578. The van der Waals surface area contributed by atoms with Crippen LogP contribution in [-0.2, 0) is 0 Å². The monoisotopic (exact) mass is 384 g/mol. The minimum absolute atomic E-state index is 0.598. The van der Waals surface area contributed by atoms with Crippen molar-refractivity contribution in [2.45, 2.75) is 0 Å². The predicted molar refractivity (Wildman–Crippen MR) is 118 cm³/mol. The highest BCUT2D eigenvalue weighted by Crippen LogP contribution is 2.23. The van der Waals surface area contributed by atoms with E-state index >= 15 is 0 Å². The summed E-state index contributed by atoms with van der Waals surface area (Å²) in [4.78, 5) is 9.44. The van der Waals surface area contributed by atoms with Gasteiger partial charge in [-0.3, -0.25) is 0 Å². The van der Waals surface area contributed by atoms with Crippen molar-refractivity contribution in [2.75, 3.05) is 43.4 Å². The molecule has 29 heavy (non-hydrogen) atoms. The average molecular weight is 384 g/mol. The van der Waals surface area contributed by atoms with Crippen LogP contribution in [0.1, 0.15) is 0 Å². The molecule has 6 heteroatoms. The zero-order valence-corrected chi connectivity index (χ0v) is 16.5. The number of likely N-dealkylation sites (N-methyl/N-ethyl adjacent to an activating group) is 1. The first-order valence-corrected chi connectivity index (χ1v) is 9.98. The predicted octanol–water partition coefficient (Wildman–Crippen LogP) is 3.89. The molecule has 0 amide bonds. The minimum atomic E-state index is 0.598. The number of nitrogens with one attached hydrogen (secondary N) is 1. The van der Waals surface area contributed by atoms with E-state index < -0.39 is 0 Å². The largest absolute Gasteiger partial charge is 0.369 e. The molecule has 0 spiro atoms. The number of aromatic nitrogens is 3. The Balaban J connectivity index is 1.37. The fourth-order valence-electron chi connectivity index (χ4n) is 3.73. The SMILES string of the molecule is CN1CCN(c2ccc(Nc3nc4cccc(-c5ccccc5)n4n3)cc2)CC1. The number of piperazine rings is 1. The van der Waals surface area contributed by atoms with Crippen LogP contribution in [0.15, 0.2) is 72.8 Å². The van der Waals surface area contributed by atoms with E-state index in [4.69, 9.17) is 0 Å². The fourth-order valence-corrected chi connectivity index (χ4v) is 3.73. The van der Waals surface area contributed by atoms with Crippen LogP contribution in [0.2, 0.25) is 0 Å². The van der Waals surface area contributed by atoms with Crippen molar-refractivity contribution < 1.29 is 0 Å². The molecule has 5 rings (SSSR count). The van der Waals surface area contributed by atoms with Gasteiger partial charge in [0.05, 0.1) is 5.69 Å². The molecule has 3 heterocycles. The number of fused-ring (bicyclic) bond motifs is 1. The molecule has 1 fully saturated rings. The van der Waals surface area contributed by atoms with E-state index in [0.717, 1.165) is 48.8 Å². The Labute approximate surface area is 170 Å². The van der Waals surface area contributed by atoms with Gasteiger partial charge in [-0.15, -0.1) is 5.10 Å². The van der Waals surface area contributed by atoms with Gasteiger partial charge in [-0.2, -0.15) is 4.98 Å². The molecule has 146 valence electrons. The zero-order chi connectivity index (χ0) is 19.6. The summed E-state index contributed by atoms with van der Waals surface area (Å²) in [5, 5.41) is 8.02. The maximum Gasteiger partial charge on any atom is 0.247 e. The fraction of sp³-hybridized carbons (Fsp3) is 0.217. The molecule has 1 aliphatic heterocycles. The van der Waals surface area contributed by atoms with Gasteiger partial charge in [0.2, 0.25) is 5.95 Å². The molecule has 0 radical (unpaired) electrons. The molecule has 1 saturated heterocycles. The van der Waals surface area contributed by atoms with Gasteiger partial charge in [0.15, 0.2) is 5.65 Å². The Hall–Kier alpha value is -3.38. The second kappa shape index (κ2) is 7.56. The minimum Gasteiger partial charge on any atom is -0.369 e. The van der Waals surface area contributed by atoms with E-state index in [2.05, 4.69) is 74.7 Å². The number of rotatable bonds is 4. The third-order valence-electron chi connectivity index (χ3n) is 5.42. The van der Waals surface area contributed by atoms with Crippen molar-refractivity contribution in [2.24, 2.45) is 0 Å². The molecule has 1 aliphatic rings. The van der Waals surface area contributed by atoms with E-state index in [9.17, 15) is 0 Å². The van der Waals surface area contributed by atoms with Crippen molar-refractivity contribution in [3.05, 3.63) is 72.8 Å². The van der Waals surface area contributed by atoms with E-state index in [1.807, 2.05) is 34.8 Å². The molecule has 0 bridgehead atoms. The van der Waals surface area contributed by atoms with Crippen LogP contribution < -0.4 is 10.2 Å². The highest BCUT2D eigenvalue weighted by atomic mass is 15.4. The first-order chi connectivity index (χ1) is 14.3. The first-order valence-electron chi connectivity index (χ1n) is 9.98. The summed E-state index contributed by atoms with van der Waals surface area (Å²) in [5.41, 5.74) is 5.21. The molecule has 0 unspecified atom stereocenters. The van der Waals surface area contributed by atoms with Gasteiger partial charge in [-0.05, 0) is 43.4 Å². The van der Waals surface area contributed by atoms with Crippen LogP contribution in [0.5, 0.6) is 0 Å². The van der Waals surface area contributed by atoms with Crippen LogP contribution in [0.4, 0.5) is 17.3 Å². The van der Waals surface area contributed by atoms with Crippen molar-refractivity contribution in [1.82, 2.24) is 19.5 Å². The van der Waals surface area contributed by atoms with Crippen LogP contribution >= 0.6 is 0 Å².